The molecule has 4 nitrogen and oxygen atoms in total. The molecular weight excluding hydrogens is 260 g/mol. The highest BCUT2D eigenvalue weighted by atomic mass is 15.1. The number of nitrogens with zero attached hydrogens (tertiary/aromatic N) is 1. The Hall–Kier alpha value is -0.160. The van der Waals surface area contributed by atoms with Gasteiger partial charge in [-0.3, -0.25) is 0 Å². The van der Waals surface area contributed by atoms with Gasteiger partial charge in [-0.2, -0.15) is 0 Å². The third-order valence-electron chi connectivity index (χ3n) is 3.83. The van der Waals surface area contributed by atoms with Gasteiger partial charge in [0, 0.05) is 0 Å². The largest absolute Gasteiger partial charge is 0.330 e. The lowest BCUT2D eigenvalue weighted by Gasteiger charge is -2.22. The minimum Gasteiger partial charge on any atom is -0.330 e. The average Bonchev–Trinajstić information content (AvgIpc) is 2.50. The molecule has 0 fully saturated rings. The van der Waals surface area contributed by atoms with Crippen molar-refractivity contribution in [2.24, 2.45) is 5.73 Å². The Morgan fingerprint density at radius 3 is 1.67 bits per heavy atom. The maximum absolute atomic E-state index is 5.53. The molecule has 0 unspecified atom stereocenters. The summed E-state index contributed by atoms with van der Waals surface area (Å²) in [5, 5.41) is 6.84. The summed E-state index contributed by atoms with van der Waals surface area (Å²) in [6, 6.07) is 0. The maximum Gasteiger partial charge on any atom is -0.000663 e. The Balaban J connectivity index is 3.67. The van der Waals surface area contributed by atoms with Crippen LogP contribution in [0.15, 0.2) is 0 Å². The minimum absolute atomic E-state index is 0.848. The van der Waals surface area contributed by atoms with Crippen LogP contribution in [0.3, 0.4) is 0 Å². The van der Waals surface area contributed by atoms with Gasteiger partial charge in [0.15, 0.2) is 0 Å². The lowest BCUT2D eigenvalue weighted by Crippen LogP contribution is -2.31. The molecule has 0 aliphatic heterocycles. The second kappa shape index (κ2) is 17.9. The van der Waals surface area contributed by atoms with E-state index in [9.17, 15) is 0 Å². The van der Waals surface area contributed by atoms with Crippen LogP contribution in [0.5, 0.6) is 0 Å². The smallest absolute Gasteiger partial charge is 0.000663 e. The molecule has 21 heavy (non-hydrogen) atoms. The summed E-state index contributed by atoms with van der Waals surface area (Å²) in [6.07, 6.45) is 9.07. The molecule has 0 rings (SSSR count). The van der Waals surface area contributed by atoms with Crippen LogP contribution < -0.4 is 16.4 Å². The highest BCUT2D eigenvalue weighted by Crippen LogP contribution is 2.05. The summed E-state index contributed by atoms with van der Waals surface area (Å²) in [5.41, 5.74) is 5.53. The van der Waals surface area contributed by atoms with Crippen molar-refractivity contribution in [3.8, 4) is 0 Å². The number of nitrogens with two attached hydrogens (primary N) is 1. The normalized spacial score (nSPS) is 11.4. The third-order valence-corrected chi connectivity index (χ3v) is 3.83. The zero-order valence-electron chi connectivity index (χ0n) is 14.6. The highest BCUT2D eigenvalue weighted by molar-refractivity contribution is 4.61. The van der Waals surface area contributed by atoms with Crippen LogP contribution in [0.4, 0.5) is 0 Å². The van der Waals surface area contributed by atoms with Crippen LogP contribution in [-0.4, -0.2) is 57.3 Å². The second-order valence-corrected chi connectivity index (χ2v) is 5.81. The van der Waals surface area contributed by atoms with E-state index in [-0.39, 0.29) is 0 Å². The molecular formula is C17H40N4. The Morgan fingerprint density at radius 1 is 0.667 bits per heavy atom. The van der Waals surface area contributed by atoms with Crippen LogP contribution in [0.2, 0.25) is 0 Å². The molecule has 0 heterocycles. The van der Waals surface area contributed by atoms with Crippen molar-refractivity contribution in [1.82, 2.24) is 15.5 Å². The molecule has 128 valence electrons. The zero-order valence-corrected chi connectivity index (χ0v) is 14.6. The van der Waals surface area contributed by atoms with Gasteiger partial charge in [0.25, 0.3) is 0 Å². The monoisotopic (exact) mass is 300 g/mol. The number of rotatable bonds is 17. The minimum atomic E-state index is 0.848. The van der Waals surface area contributed by atoms with Crippen LogP contribution in [0.25, 0.3) is 0 Å². The van der Waals surface area contributed by atoms with Crippen molar-refractivity contribution in [2.45, 2.75) is 58.8 Å². The molecule has 0 bridgehead atoms. The summed E-state index contributed by atoms with van der Waals surface area (Å²) in [5.74, 6) is 0. The molecule has 0 aromatic heterocycles. The van der Waals surface area contributed by atoms with E-state index in [1.165, 1.54) is 64.6 Å². The Labute approximate surface area is 133 Å². The SMILES string of the molecule is CCNCCCN(CCCCCCCN)CCCNCC. The molecule has 0 saturated heterocycles. The fourth-order valence-corrected chi connectivity index (χ4v) is 2.55. The van der Waals surface area contributed by atoms with Crippen molar-refractivity contribution < 1.29 is 0 Å². The van der Waals surface area contributed by atoms with Crippen molar-refractivity contribution in [1.29, 1.82) is 0 Å². The summed E-state index contributed by atoms with van der Waals surface area (Å²) in [7, 11) is 0. The van der Waals surface area contributed by atoms with E-state index >= 15 is 0 Å². The van der Waals surface area contributed by atoms with Gasteiger partial charge in [0.1, 0.15) is 0 Å². The lowest BCUT2D eigenvalue weighted by molar-refractivity contribution is 0.258. The molecule has 0 radical (unpaired) electrons. The predicted octanol–water partition coefficient (Wildman–Crippen LogP) is 2.20. The van der Waals surface area contributed by atoms with Crippen molar-refractivity contribution in [3.05, 3.63) is 0 Å². The summed E-state index contributed by atoms with van der Waals surface area (Å²) in [4.78, 5) is 2.65. The van der Waals surface area contributed by atoms with Crippen LogP contribution in [-0.2, 0) is 0 Å². The number of hydrogen-bond acceptors (Lipinski definition) is 4. The zero-order chi connectivity index (χ0) is 15.6. The highest BCUT2D eigenvalue weighted by Gasteiger charge is 2.04. The lowest BCUT2D eigenvalue weighted by atomic mass is 10.1. The molecule has 0 saturated carbocycles. The first-order valence-electron chi connectivity index (χ1n) is 9.19. The van der Waals surface area contributed by atoms with Crippen molar-refractivity contribution in [2.75, 3.05) is 52.4 Å². The van der Waals surface area contributed by atoms with Gasteiger partial charge in [-0.05, 0) is 78.0 Å². The fraction of sp³-hybridized carbons (Fsp3) is 1.00. The molecule has 0 spiro atoms. The molecule has 0 amide bonds. The van der Waals surface area contributed by atoms with Gasteiger partial charge in [-0.1, -0.05) is 33.1 Å². The molecule has 0 aliphatic carbocycles. The number of hydrogen-bond donors (Lipinski definition) is 3. The molecule has 4 heteroatoms. The van der Waals surface area contributed by atoms with Crippen molar-refractivity contribution >= 4 is 0 Å². The molecule has 0 aliphatic rings. The second-order valence-electron chi connectivity index (χ2n) is 5.81. The average molecular weight is 301 g/mol. The van der Waals surface area contributed by atoms with E-state index in [1.807, 2.05) is 0 Å². The number of nitrogens with one attached hydrogen (secondary N) is 2. The standard InChI is InChI=1S/C17H40N4/c1-3-19-13-10-16-21(17-11-14-20-4-2)15-9-7-5-6-8-12-18/h19-20H,3-18H2,1-2H3. The van der Waals surface area contributed by atoms with Gasteiger partial charge in [-0.25, -0.2) is 0 Å². The third kappa shape index (κ3) is 16.0. The molecule has 0 aromatic carbocycles. The first-order chi connectivity index (χ1) is 10.3. The van der Waals surface area contributed by atoms with E-state index < -0.39 is 0 Å². The predicted molar refractivity (Wildman–Crippen MR) is 94.9 cm³/mol. The first-order valence-corrected chi connectivity index (χ1v) is 9.19. The maximum atomic E-state index is 5.53. The quantitative estimate of drug-likeness (QED) is 0.361. The Kier molecular flexibility index (Phi) is 17.8. The topological polar surface area (TPSA) is 53.3 Å². The molecule has 0 atom stereocenters. The van der Waals surface area contributed by atoms with Crippen LogP contribution >= 0.6 is 0 Å². The van der Waals surface area contributed by atoms with Crippen molar-refractivity contribution in [3.63, 3.8) is 0 Å². The summed E-state index contributed by atoms with van der Waals surface area (Å²) in [6.45, 7) is 13.4. The first kappa shape index (κ1) is 20.8. The van der Waals surface area contributed by atoms with E-state index in [1.54, 1.807) is 0 Å². The number of unbranched alkanes of at least 4 members (excludes halogenated alkanes) is 4. The van der Waals surface area contributed by atoms with Crippen LogP contribution in [0, 0.1) is 0 Å². The van der Waals surface area contributed by atoms with Gasteiger partial charge in [0.2, 0.25) is 0 Å². The molecule has 4 N–H and O–H groups in total. The van der Waals surface area contributed by atoms with Crippen LogP contribution in [0.1, 0.15) is 58.8 Å². The Bertz CT molecular complexity index is 176. The summed E-state index contributed by atoms with van der Waals surface area (Å²) >= 11 is 0. The van der Waals surface area contributed by atoms with Gasteiger partial charge < -0.3 is 21.3 Å². The Morgan fingerprint density at radius 2 is 1.14 bits per heavy atom. The summed E-state index contributed by atoms with van der Waals surface area (Å²) < 4.78 is 0. The molecule has 0 aromatic rings. The van der Waals surface area contributed by atoms with E-state index in [0.29, 0.717) is 0 Å². The van der Waals surface area contributed by atoms with Gasteiger partial charge >= 0.3 is 0 Å². The van der Waals surface area contributed by atoms with E-state index in [2.05, 4.69) is 29.4 Å². The van der Waals surface area contributed by atoms with Gasteiger partial charge in [-0.15, -0.1) is 0 Å². The van der Waals surface area contributed by atoms with E-state index in [0.717, 1.165) is 32.7 Å². The fourth-order valence-electron chi connectivity index (χ4n) is 2.55. The van der Waals surface area contributed by atoms with E-state index in [4.69, 9.17) is 5.73 Å². The van der Waals surface area contributed by atoms with Gasteiger partial charge in [0.05, 0.1) is 0 Å².